The first-order valence-electron chi connectivity index (χ1n) is 7.86. The van der Waals surface area contributed by atoms with Crippen molar-refractivity contribution in [2.24, 2.45) is 0 Å². The minimum absolute atomic E-state index is 0. The molecule has 0 fully saturated rings. The molecule has 2 aliphatic rings. The van der Waals surface area contributed by atoms with E-state index in [4.69, 9.17) is 0 Å². The van der Waals surface area contributed by atoms with Crippen LogP contribution in [0.25, 0.3) is 17.5 Å². The molecule has 1 nitrogen and oxygen atoms in total. The number of hydrogen-bond acceptors (Lipinski definition) is 0. The second-order valence-electron chi connectivity index (χ2n) is 5.83. The van der Waals surface area contributed by atoms with E-state index in [1.165, 1.54) is 11.1 Å². The zero-order valence-corrected chi connectivity index (χ0v) is 20.1. The Morgan fingerprint density at radius 3 is 1.50 bits per heavy atom. The van der Waals surface area contributed by atoms with Gasteiger partial charge in [-0.1, -0.05) is 0 Å². The Kier molecular flexibility index (Phi) is 11.5. The van der Waals surface area contributed by atoms with Gasteiger partial charge >= 0.3 is 135 Å². The van der Waals surface area contributed by atoms with Crippen LogP contribution in [0.15, 0.2) is 60.7 Å². The molecule has 0 saturated carbocycles. The van der Waals surface area contributed by atoms with E-state index >= 15 is 0 Å². The molecule has 4 heteroatoms. The second kappa shape index (κ2) is 11.9. The molecule has 0 spiro atoms. The fourth-order valence-electron chi connectivity index (χ4n) is 3.23. The quantitative estimate of drug-likeness (QED) is 0.485. The van der Waals surface area contributed by atoms with E-state index in [9.17, 15) is 0 Å². The van der Waals surface area contributed by atoms with E-state index in [-0.39, 0.29) is 27.3 Å². The Bertz CT molecular complexity index is 722. The van der Waals surface area contributed by atoms with Crippen LogP contribution in [0.3, 0.4) is 0 Å². The molecule has 0 N–H and O–H groups in total. The van der Waals surface area contributed by atoms with Crippen LogP contribution in [-0.2, 0) is 23.3 Å². The Labute approximate surface area is 180 Å². The number of fused-ring (bicyclic) bond motifs is 2. The van der Waals surface area contributed by atoms with Crippen LogP contribution < -0.4 is 12.4 Å². The van der Waals surface area contributed by atoms with Crippen LogP contribution in [0.2, 0.25) is 0 Å². The molecule has 0 radical (unpaired) electrons. The number of benzene rings is 2. The van der Waals surface area contributed by atoms with Crippen molar-refractivity contribution in [3.8, 4) is 0 Å². The molecule has 136 valence electrons. The molecule has 0 bridgehead atoms. The van der Waals surface area contributed by atoms with Gasteiger partial charge in [-0.05, 0) is 0 Å². The summed E-state index contributed by atoms with van der Waals surface area (Å²) in [7, 11) is 3.50. The van der Waals surface area contributed by atoms with Gasteiger partial charge in [-0.25, -0.2) is 0 Å². The molecule has 0 amide bonds. The van der Waals surface area contributed by atoms with Gasteiger partial charge in [0.1, 0.15) is 0 Å². The summed E-state index contributed by atoms with van der Waals surface area (Å²) in [5.74, 6) is 0. The van der Waals surface area contributed by atoms with E-state index in [0.29, 0.717) is 11.1 Å². The summed E-state index contributed by atoms with van der Waals surface area (Å²) < 4.78 is 0. The molecule has 2 atom stereocenters. The average Bonchev–Trinajstić information content (AvgIpc) is 3.19. The Morgan fingerprint density at radius 1 is 0.769 bits per heavy atom. The molecule has 2 unspecified atom stereocenters. The zero-order valence-electron chi connectivity index (χ0n) is 15.9. The van der Waals surface area contributed by atoms with E-state index in [2.05, 4.69) is 78.2 Å². The molecule has 2 aromatic rings. The SMILES string of the molecule is C[N-]C.[CH3-].[CH3-].[Cl-].[Zr+2]=[Si](C1C=Cc2ccccc21)C1C=Cc2ccccc21. The van der Waals surface area contributed by atoms with Gasteiger partial charge in [0.2, 0.25) is 0 Å². The van der Waals surface area contributed by atoms with Crippen LogP contribution in [0.1, 0.15) is 33.3 Å². The van der Waals surface area contributed by atoms with Crippen LogP contribution in [0.5, 0.6) is 0 Å². The fraction of sp³-hybridized carbons (Fsp3) is 0.182. The number of allylic oxidation sites excluding steroid dienone is 2. The third-order valence-electron chi connectivity index (χ3n) is 4.27. The van der Waals surface area contributed by atoms with Crippen molar-refractivity contribution in [2.45, 2.75) is 11.1 Å². The van der Waals surface area contributed by atoms with Gasteiger partial charge in [-0.3, -0.25) is 0 Å². The first-order chi connectivity index (χ1) is 11.3. The molecular weight excluding hydrogens is 433 g/mol. The monoisotopic (exact) mass is 457 g/mol. The molecular formula is C22H26ClNSiZr-2. The predicted molar refractivity (Wildman–Crippen MR) is 110 cm³/mol. The van der Waals surface area contributed by atoms with Crippen molar-refractivity contribution in [1.82, 2.24) is 0 Å². The molecule has 2 aromatic carbocycles. The summed E-state index contributed by atoms with van der Waals surface area (Å²) in [5.41, 5.74) is 6.86. The topological polar surface area (TPSA) is 14.1 Å². The first kappa shape index (κ1) is 25.3. The number of hydrogen-bond donors (Lipinski definition) is 0. The van der Waals surface area contributed by atoms with E-state index < -0.39 is 5.43 Å². The predicted octanol–water partition coefficient (Wildman–Crippen LogP) is 2.75. The first-order valence-corrected chi connectivity index (χ1v) is 13.2. The Morgan fingerprint density at radius 2 is 1.12 bits per heavy atom. The molecule has 2 aliphatic carbocycles. The Hall–Kier alpha value is -0.730. The van der Waals surface area contributed by atoms with Crippen molar-refractivity contribution in [3.63, 3.8) is 0 Å². The van der Waals surface area contributed by atoms with Gasteiger partial charge < -0.3 is 32.6 Å². The van der Waals surface area contributed by atoms with E-state index in [1.807, 2.05) is 0 Å². The maximum absolute atomic E-state index is 3.50. The van der Waals surface area contributed by atoms with Crippen molar-refractivity contribution >= 4 is 17.6 Å². The van der Waals surface area contributed by atoms with Gasteiger partial charge in [0.05, 0.1) is 0 Å². The van der Waals surface area contributed by atoms with Gasteiger partial charge in [0.25, 0.3) is 0 Å². The van der Waals surface area contributed by atoms with Gasteiger partial charge in [-0.2, -0.15) is 14.1 Å². The van der Waals surface area contributed by atoms with Gasteiger partial charge in [0.15, 0.2) is 0 Å². The summed E-state index contributed by atoms with van der Waals surface area (Å²) in [5, 5.41) is 3.50. The minimum atomic E-state index is -0.452. The standard InChI is InChI=1S/C18H14Si.C2H6N.2CH3.ClH.Zr/c1-3-7-15-13(5-1)9-11-17(15)19-18-12-10-14-6-2-4-8-16(14)18;1-3-2;;;;/h1-12,17-18H;1-2H3;2*1H3;1H;/q;3*-1;;+2/p-1. The van der Waals surface area contributed by atoms with Crippen molar-refractivity contribution in [2.75, 3.05) is 14.1 Å². The van der Waals surface area contributed by atoms with Crippen molar-refractivity contribution in [3.05, 3.63) is 103 Å². The third kappa shape index (κ3) is 5.16. The van der Waals surface area contributed by atoms with Crippen molar-refractivity contribution in [1.29, 1.82) is 0 Å². The summed E-state index contributed by atoms with van der Waals surface area (Å²) in [6.45, 7) is 0. The van der Waals surface area contributed by atoms with Gasteiger partial charge in [0, 0.05) is 0 Å². The molecule has 0 heterocycles. The Balaban J connectivity index is 0.000000980. The fourth-order valence-corrected chi connectivity index (χ4v) is 9.14. The third-order valence-corrected chi connectivity index (χ3v) is 11.2. The molecule has 26 heavy (non-hydrogen) atoms. The molecule has 0 saturated heterocycles. The number of nitrogens with zero attached hydrogens (tertiary/aromatic N) is 1. The zero-order chi connectivity index (χ0) is 16.2. The average molecular weight is 459 g/mol. The normalized spacial score (nSPS) is 17.5. The molecule has 4 rings (SSSR count). The van der Waals surface area contributed by atoms with E-state index in [0.717, 1.165) is 0 Å². The van der Waals surface area contributed by atoms with Crippen LogP contribution in [0.4, 0.5) is 0 Å². The summed E-state index contributed by atoms with van der Waals surface area (Å²) in [6.07, 6.45) is 9.53. The summed E-state index contributed by atoms with van der Waals surface area (Å²) in [4.78, 5) is 0. The van der Waals surface area contributed by atoms with Crippen LogP contribution in [0, 0.1) is 14.9 Å². The van der Waals surface area contributed by atoms with Gasteiger partial charge in [-0.15, -0.1) is 0 Å². The maximum atomic E-state index is 3.50. The second-order valence-corrected chi connectivity index (χ2v) is 12.2. The van der Waals surface area contributed by atoms with Crippen molar-refractivity contribution < 1.29 is 35.7 Å². The van der Waals surface area contributed by atoms with E-state index in [1.54, 1.807) is 48.6 Å². The molecule has 0 aromatic heterocycles. The van der Waals surface area contributed by atoms with Crippen LogP contribution >= 0.6 is 0 Å². The number of rotatable bonds is 2. The molecule has 0 aliphatic heterocycles. The summed E-state index contributed by atoms with van der Waals surface area (Å²) in [6, 6.07) is 17.8. The number of halogens is 1. The van der Waals surface area contributed by atoms with Crippen LogP contribution in [-0.4, -0.2) is 19.5 Å². The summed E-state index contributed by atoms with van der Waals surface area (Å²) >= 11 is 1.72.